The van der Waals surface area contributed by atoms with Crippen molar-refractivity contribution in [1.29, 1.82) is 0 Å². The summed E-state index contributed by atoms with van der Waals surface area (Å²) >= 11 is 0. The monoisotopic (exact) mass is 398 g/mol. The van der Waals surface area contributed by atoms with Crippen LogP contribution >= 0.6 is 0 Å². The molecule has 1 amide bonds. The summed E-state index contributed by atoms with van der Waals surface area (Å²) < 4.78 is 5.45. The number of rotatable bonds is 4. The minimum atomic E-state index is 0.170. The van der Waals surface area contributed by atoms with E-state index in [2.05, 4.69) is 19.8 Å². The van der Waals surface area contributed by atoms with Gasteiger partial charge in [0.2, 0.25) is 17.8 Å². The number of carbonyl (C=O) groups excluding carboxylic acids is 1. The van der Waals surface area contributed by atoms with E-state index in [9.17, 15) is 9.90 Å². The predicted molar refractivity (Wildman–Crippen MR) is 109 cm³/mol. The molecule has 9 nitrogen and oxygen atoms in total. The number of piperazine rings is 1. The first-order chi connectivity index (χ1) is 14.1. The summed E-state index contributed by atoms with van der Waals surface area (Å²) in [6.07, 6.45) is 0.522. The normalized spacial score (nSPS) is 17.5. The first kappa shape index (κ1) is 19.4. The van der Waals surface area contributed by atoms with Crippen LogP contribution in [0.2, 0.25) is 0 Å². The van der Waals surface area contributed by atoms with Gasteiger partial charge in [0, 0.05) is 51.3 Å². The van der Waals surface area contributed by atoms with E-state index in [0.29, 0.717) is 63.5 Å². The SMILES string of the molecule is CCC(=O)N1CCN(c2nc(-c3cccc(O)c3)nc(N3CCOCC3)n2)CC1. The molecule has 1 aromatic carbocycles. The summed E-state index contributed by atoms with van der Waals surface area (Å²) in [5.41, 5.74) is 0.739. The first-order valence-electron chi connectivity index (χ1n) is 10.0. The van der Waals surface area contributed by atoms with E-state index in [1.54, 1.807) is 18.2 Å². The maximum Gasteiger partial charge on any atom is 0.230 e. The van der Waals surface area contributed by atoms with Gasteiger partial charge in [-0.2, -0.15) is 15.0 Å². The molecule has 0 atom stereocenters. The lowest BCUT2D eigenvalue weighted by atomic mass is 10.2. The zero-order chi connectivity index (χ0) is 20.2. The van der Waals surface area contributed by atoms with Crippen LogP contribution < -0.4 is 9.80 Å². The summed E-state index contributed by atoms with van der Waals surface area (Å²) in [5, 5.41) is 9.87. The third-order valence-electron chi connectivity index (χ3n) is 5.23. The number of aromatic hydroxyl groups is 1. The van der Waals surface area contributed by atoms with Crippen molar-refractivity contribution >= 4 is 17.8 Å². The Morgan fingerprint density at radius 3 is 2.28 bits per heavy atom. The van der Waals surface area contributed by atoms with Gasteiger partial charge < -0.3 is 24.5 Å². The molecule has 0 unspecified atom stereocenters. The van der Waals surface area contributed by atoms with E-state index < -0.39 is 0 Å². The quantitative estimate of drug-likeness (QED) is 0.819. The van der Waals surface area contributed by atoms with Crippen LogP contribution in [0.5, 0.6) is 5.75 Å². The van der Waals surface area contributed by atoms with Gasteiger partial charge in [-0.1, -0.05) is 19.1 Å². The van der Waals surface area contributed by atoms with Crippen LogP contribution in [0.15, 0.2) is 24.3 Å². The van der Waals surface area contributed by atoms with Crippen molar-refractivity contribution in [2.24, 2.45) is 0 Å². The smallest absolute Gasteiger partial charge is 0.230 e. The van der Waals surface area contributed by atoms with Gasteiger partial charge in [-0.15, -0.1) is 0 Å². The van der Waals surface area contributed by atoms with Crippen molar-refractivity contribution in [3.63, 3.8) is 0 Å². The molecule has 9 heteroatoms. The molecule has 0 spiro atoms. The van der Waals surface area contributed by atoms with Gasteiger partial charge in [0.15, 0.2) is 5.82 Å². The minimum Gasteiger partial charge on any atom is -0.508 e. The maximum absolute atomic E-state index is 12.0. The molecule has 0 aliphatic carbocycles. The molecule has 2 fully saturated rings. The molecule has 3 heterocycles. The fraction of sp³-hybridized carbons (Fsp3) is 0.500. The average Bonchev–Trinajstić information content (AvgIpc) is 2.79. The fourth-order valence-electron chi connectivity index (χ4n) is 3.55. The number of benzene rings is 1. The molecule has 0 bridgehead atoms. The van der Waals surface area contributed by atoms with Crippen molar-refractivity contribution in [1.82, 2.24) is 19.9 Å². The van der Waals surface area contributed by atoms with Crippen LogP contribution in [0, 0.1) is 0 Å². The topological polar surface area (TPSA) is 94.9 Å². The van der Waals surface area contributed by atoms with Crippen LogP contribution in [0.3, 0.4) is 0 Å². The second-order valence-electron chi connectivity index (χ2n) is 7.13. The second kappa shape index (κ2) is 8.60. The first-order valence-corrected chi connectivity index (χ1v) is 10.0. The van der Waals surface area contributed by atoms with Crippen molar-refractivity contribution < 1.29 is 14.6 Å². The van der Waals surface area contributed by atoms with E-state index >= 15 is 0 Å². The van der Waals surface area contributed by atoms with Crippen molar-refractivity contribution in [2.45, 2.75) is 13.3 Å². The van der Waals surface area contributed by atoms with E-state index in [4.69, 9.17) is 9.72 Å². The van der Waals surface area contributed by atoms with Crippen LogP contribution in [-0.4, -0.2) is 83.3 Å². The Hall–Kier alpha value is -2.94. The van der Waals surface area contributed by atoms with Gasteiger partial charge in [0.1, 0.15) is 5.75 Å². The number of phenolic OH excluding ortho intramolecular Hbond substituents is 1. The third-order valence-corrected chi connectivity index (χ3v) is 5.23. The number of phenols is 1. The number of hydrogen-bond donors (Lipinski definition) is 1. The largest absolute Gasteiger partial charge is 0.508 e. The molecule has 1 aromatic heterocycles. The average molecular weight is 398 g/mol. The maximum atomic E-state index is 12.0. The highest BCUT2D eigenvalue weighted by Gasteiger charge is 2.24. The summed E-state index contributed by atoms with van der Waals surface area (Å²) in [5.74, 6) is 2.09. The molecular weight excluding hydrogens is 372 g/mol. The summed E-state index contributed by atoms with van der Waals surface area (Å²) in [6, 6.07) is 6.93. The lowest BCUT2D eigenvalue weighted by Gasteiger charge is -2.35. The van der Waals surface area contributed by atoms with Gasteiger partial charge in [0.25, 0.3) is 0 Å². The number of nitrogens with zero attached hydrogens (tertiary/aromatic N) is 6. The number of anilines is 2. The number of amides is 1. The van der Waals surface area contributed by atoms with Crippen LogP contribution in [-0.2, 0) is 9.53 Å². The van der Waals surface area contributed by atoms with Gasteiger partial charge in [-0.3, -0.25) is 4.79 Å². The molecule has 2 saturated heterocycles. The molecule has 1 N–H and O–H groups in total. The van der Waals surface area contributed by atoms with Crippen LogP contribution in [0.25, 0.3) is 11.4 Å². The zero-order valence-corrected chi connectivity index (χ0v) is 16.6. The molecule has 0 radical (unpaired) electrons. The molecule has 4 rings (SSSR count). The van der Waals surface area contributed by atoms with Gasteiger partial charge in [-0.05, 0) is 12.1 Å². The number of carbonyl (C=O) groups is 1. The van der Waals surface area contributed by atoms with Gasteiger partial charge in [0.05, 0.1) is 13.2 Å². The molecule has 154 valence electrons. The standard InChI is InChI=1S/C20H26N6O3/c1-2-17(28)24-6-8-25(9-7-24)19-21-18(15-4-3-5-16(27)14-15)22-20(23-19)26-10-12-29-13-11-26/h3-5,14,27H,2,6-13H2,1H3. The van der Waals surface area contributed by atoms with Crippen molar-refractivity contribution in [2.75, 3.05) is 62.3 Å². The highest BCUT2D eigenvalue weighted by Crippen LogP contribution is 2.25. The predicted octanol–water partition coefficient (Wildman–Crippen LogP) is 1.14. The number of aromatic nitrogens is 3. The van der Waals surface area contributed by atoms with E-state index in [-0.39, 0.29) is 11.7 Å². The molecule has 2 aliphatic rings. The van der Waals surface area contributed by atoms with Gasteiger partial charge in [-0.25, -0.2) is 0 Å². The Bertz CT molecular complexity index is 863. The van der Waals surface area contributed by atoms with E-state index in [1.807, 2.05) is 17.9 Å². The fourth-order valence-corrected chi connectivity index (χ4v) is 3.55. The molecule has 0 saturated carbocycles. The lowest BCUT2D eigenvalue weighted by Crippen LogP contribution is -2.49. The molecule has 29 heavy (non-hydrogen) atoms. The third kappa shape index (κ3) is 4.40. The second-order valence-corrected chi connectivity index (χ2v) is 7.13. The summed E-state index contributed by atoms with van der Waals surface area (Å²) in [7, 11) is 0. The molecule has 2 aromatic rings. The van der Waals surface area contributed by atoms with Crippen LogP contribution in [0.1, 0.15) is 13.3 Å². The van der Waals surface area contributed by atoms with Gasteiger partial charge >= 0.3 is 0 Å². The summed E-state index contributed by atoms with van der Waals surface area (Å²) in [6.45, 7) is 7.29. The highest BCUT2D eigenvalue weighted by molar-refractivity contribution is 5.76. The Kier molecular flexibility index (Phi) is 5.75. The molecule has 2 aliphatic heterocycles. The summed E-state index contributed by atoms with van der Waals surface area (Å²) in [4.78, 5) is 32.1. The van der Waals surface area contributed by atoms with Crippen LogP contribution in [0.4, 0.5) is 11.9 Å². The Labute approximate surface area is 169 Å². The number of ether oxygens (including phenoxy) is 1. The van der Waals surface area contributed by atoms with E-state index in [0.717, 1.165) is 18.7 Å². The van der Waals surface area contributed by atoms with E-state index in [1.165, 1.54) is 0 Å². The Morgan fingerprint density at radius 2 is 1.66 bits per heavy atom. The zero-order valence-electron chi connectivity index (χ0n) is 16.6. The minimum absolute atomic E-state index is 0.170. The number of morpholine rings is 1. The Morgan fingerprint density at radius 1 is 1.00 bits per heavy atom. The molecular formula is C20H26N6O3. The Balaban J connectivity index is 1.64. The highest BCUT2D eigenvalue weighted by atomic mass is 16.5. The van der Waals surface area contributed by atoms with Crippen molar-refractivity contribution in [3.8, 4) is 17.1 Å². The number of hydrogen-bond acceptors (Lipinski definition) is 8. The van der Waals surface area contributed by atoms with Crippen molar-refractivity contribution in [3.05, 3.63) is 24.3 Å². The lowest BCUT2D eigenvalue weighted by molar-refractivity contribution is -0.131.